The van der Waals surface area contributed by atoms with E-state index in [2.05, 4.69) is 4.99 Å². The van der Waals surface area contributed by atoms with E-state index >= 15 is 0 Å². The van der Waals surface area contributed by atoms with Crippen molar-refractivity contribution in [1.29, 1.82) is 0 Å². The fourth-order valence-corrected chi connectivity index (χ4v) is 3.51. The molecule has 0 aromatic heterocycles. The Morgan fingerprint density at radius 1 is 1.45 bits per heavy atom. The molecule has 22 heavy (non-hydrogen) atoms. The molecular formula is C14H14N2O4S2. The van der Waals surface area contributed by atoms with Crippen molar-refractivity contribution in [3.05, 3.63) is 39.6 Å². The second kappa shape index (κ2) is 7.46. The fourth-order valence-electron chi connectivity index (χ4n) is 1.77. The minimum atomic E-state index is -0.482. The third-order valence-electron chi connectivity index (χ3n) is 2.66. The van der Waals surface area contributed by atoms with Crippen molar-refractivity contribution < 1.29 is 14.5 Å². The van der Waals surface area contributed by atoms with E-state index in [1.165, 1.54) is 36.0 Å². The third kappa shape index (κ3) is 3.89. The number of benzene rings is 1. The Morgan fingerprint density at radius 2 is 2.23 bits per heavy atom. The minimum absolute atomic E-state index is 0.0551. The van der Waals surface area contributed by atoms with Crippen LogP contribution in [-0.4, -0.2) is 26.8 Å². The molecule has 0 bridgehead atoms. The highest BCUT2D eigenvalue weighted by Crippen LogP contribution is 2.33. The topological polar surface area (TPSA) is 81.8 Å². The van der Waals surface area contributed by atoms with Gasteiger partial charge in [-0.2, -0.15) is 0 Å². The summed E-state index contributed by atoms with van der Waals surface area (Å²) in [5.74, 6) is 1.32. The lowest BCUT2D eigenvalue weighted by atomic mass is 10.1. The molecule has 0 radical (unpaired) electrons. The standard InChI is InChI=1S/C14H14N2O4S2/c1-3-20-12-6-5-10(16(18)19)7-9(12)8-11-13(17)22-14(15-11)21-4-2/h5-8H,3-4H2,1-2H3. The number of carbonyl (C=O) groups excluding carboxylic acids is 1. The Bertz CT molecular complexity index is 671. The number of hydrogen-bond donors (Lipinski definition) is 0. The molecule has 0 amide bonds. The van der Waals surface area contributed by atoms with Gasteiger partial charge in [-0.1, -0.05) is 18.7 Å². The number of nitro benzene ring substituents is 1. The molecule has 0 unspecified atom stereocenters. The molecule has 1 aliphatic heterocycles. The first kappa shape index (κ1) is 16.6. The van der Waals surface area contributed by atoms with Gasteiger partial charge in [0.15, 0.2) is 0 Å². The molecule has 0 N–H and O–H groups in total. The van der Waals surface area contributed by atoms with Crippen molar-refractivity contribution in [2.24, 2.45) is 4.99 Å². The molecule has 1 aromatic carbocycles. The second-order valence-corrected chi connectivity index (χ2v) is 6.61. The zero-order valence-corrected chi connectivity index (χ0v) is 13.7. The molecular weight excluding hydrogens is 324 g/mol. The molecule has 6 nitrogen and oxygen atoms in total. The molecule has 1 heterocycles. The molecule has 2 rings (SSSR count). The number of carbonyl (C=O) groups is 1. The molecule has 0 saturated heterocycles. The van der Waals surface area contributed by atoms with Gasteiger partial charge in [-0.25, -0.2) is 4.99 Å². The zero-order chi connectivity index (χ0) is 16.1. The maximum atomic E-state index is 11.9. The Hall–Kier alpha value is -1.80. The van der Waals surface area contributed by atoms with Gasteiger partial charge in [0.1, 0.15) is 15.8 Å². The predicted molar refractivity (Wildman–Crippen MR) is 90.4 cm³/mol. The van der Waals surface area contributed by atoms with Crippen molar-refractivity contribution in [1.82, 2.24) is 0 Å². The van der Waals surface area contributed by atoms with E-state index in [4.69, 9.17) is 4.74 Å². The van der Waals surface area contributed by atoms with Crippen LogP contribution in [0.15, 0.2) is 28.9 Å². The van der Waals surface area contributed by atoms with Crippen LogP contribution in [0.3, 0.4) is 0 Å². The number of nitrogens with zero attached hydrogens (tertiary/aromatic N) is 2. The first-order valence-corrected chi connectivity index (χ1v) is 8.42. The number of non-ortho nitro benzene ring substituents is 1. The Kier molecular flexibility index (Phi) is 5.62. The Labute approximate surface area is 136 Å². The van der Waals surface area contributed by atoms with Gasteiger partial charge in [0.25, 0.3) is 5.69 Å². The zero-order valence-electron chi connectivity index (χ0n) is 12.1. The largest absolute Gasteiger partial charge is 0.493 e. The number of hydrogen-bond acceptors (Lipinski definition) is 7. The molecule has 0 fully saturated rings. The average Bonchev–Trinajstić information content (AvgIpc) is 2.81. The summed E-state index contributed by atoms with van der Waals surface area (Å²) in [6, 6.07) is 4.29. The number of ether oxygens (including phenoxy) is 1. The van der Waals surface area contributed by atoms with Crippen LogP contribution >= 0.6 is 23.5 Å². The normalized spacial score (nSPS) is 16.0. The van der Waals surface area contributed by atoms with Gasteiger partial charge in [-0.05, 0) is 36.6 Å². The quantitative estimate of drug-likeness (QED) is 0.462. The van der Waals surface area contributed by atoms with Gasteiger partial charge < -0.3 is 4.74 Å². The maximum absolute atomic E-state index is 11.9. The number of aliphatic imine (C=N–C) groups is 1. The number of thioether (sulfide) groups is 2. The monoisotopic (exact) mass is 338 g/mol. The SMILES string of the molecule is CCOc1ccc([N+](=O)[O-])cc1C=C1N=C(SCC)SC1=O. The van der Waals surface area contributed by atoms with Gasteiger partial charge in [0.05, 0.1) is 11.5 Å². The molecule has 8 heteroatoms. The highest BCUT2D eigenvalue weighted by molar-refractivity contribution is 8.45. The smallest absolute Gasteiger partial charge is 0.270 e. The highest BCUT2D eigenvalue weighted by atomic mass is 32.2. The Balaban J connectivity index is 2.41. The maximum Gasteiger partial charge on any atom is 0.270 e. The fraction of sp³-hybridized carbons (Fsp3) is 0.286. The summed E-state index contributed by atoms with van der Waals surface area (Å²) in [5.41, 5.74) is 0.703. The molecule has 0 spiro atoms. The van der Waals surface area contributed by atoms with Crippen LogP contribution < -0.4 is 4.74 Å². The summed E-state index contributed by atoms with van der Waals surface area (Å²) in [4.78, 5) is 26.6. The van der Waals surface area contributed by atoms with Gasteiger partial charge in [-0.3, -0.25) is 14.9 Å². The van der Waals surface area contributed by atoms with Gasteiger partial charge in [0, 0.05) is 17.7 Å². The van der Waals surface area contributed by atoms with E-state index in [0.29, 0.717) is 22.3 Å². The molecule has 1 aromatic rings. The van der Waals surface area contributed by atoms with E-state index in [9.17, 15) is 14.9 Å². The molecule has 1 aliphatic rings. The third-order valence-corrected chi connectivity index (χ3v) is 4.56. The van der Waals surface area contributed by atoms with E-state index in [1.807, 2.05) is 13.8 Å². The number of rotatable bonds is 5. The van der Waals surface area contributed by atoms with Gasteiger partial charge in [0.2, 0.25) is 5.12 Å². The van der Waals surface area contributed by atoms with Crippen molar-refractivity contribution in [3.8, 4) is 5.75 Å². The lowest BCUT2D eigenvalue weighted by Crippen LogP contribution is -1.97. The van der Waals surface area contributed by atoms with Crippen LogP contribution in [0.4, 0.5) is 5.69 Å². The van der Waals surface area contributed by atoms with Crippen LogP contribution in [0.5, 0.6) is 5.75 Å². The molecule has 0 aliphatic carbocycles. The average molecular weight is 338 g/mol. The summed E-state index contributed by atoms with van der Waals surface area (Å²) >= 11 is 2.57. The van der Waals surface area contributed by atoms with Crippen LogP contribution in [-0.2, 0) is 4.79 Å². The van der Waals surface area contributed by atoms with Crippen molar-refractivity contribution in [2.75, 3.05) is 12.4 Å². The summed E-state index contributed by atoms with van der Waals surface area (Å²) < 4.78 is 6.15. The van der Waals surface area contributed by atoms with Crippen LogP contribution in [0, 0.1) is 10.1 Å². The molecule has 0 saturated carbocycles. The summed E-state index contributed by atoms with van der Waals surface area (Å²) in [5, 5.41) is 10.7. The minimum Gasteiger partial charge on any atom is -0.493 e. The summed E-state index contributed by atoms with van der Waals surface area (Å²) in [6.45, 7) is 4.23. The summed E-state index contributed by atoms with van der Waals surface area (Å²) in [6.07, 6.45) is 1.54. The van der Waals surface area contributed by atoms with Crippen LogP contribution in [0.1, 0.15) is 19.4 Å². The lowest BCUT2D eigenvalue weighted by molar-refractivity contribution is -0.384. The lowest BCUT2D eigenvalue weighted by Gasteiger charge is -2.07. The van der Waals surface area contributed by atoms with E-state index in [0.717, 1.165) is 17.5 Å². The van der Waals surface area contributed by atoms with Crippen LogP contribution in [0.25, 0.3) is 6.08 Å². The number of nitro groups is 1. The van der Waals surface area contributed by atoms with Gasteiger partial charge >= 0.3 is 0 Å². The highest BCUT2D eigenvalue weighted by Gasteiger charge is 2.23. The molecule has 116 valence electrons. The van der Waals surface area contributed by atoms with E-state index < -0.39 is 4.92 Å². The van der Waals surface area contributed by atoms with E-state index in [-0.39, 0.29) is 16.5 Å². The van der Waals surface area contributed by atoms with Gasteiger partial charge in [-0.15, -0.1) is 0 Å². The van der Waals surface area contributed by atoms with Crippen molar-refractivity contribution >= 4 is 44.8 Å². The Morgan fingerprint density at radius 3 is 2.86 bits per heavy atom. The second-order valence-electron chi connectivity index (χ2n) is 4.14. The first-order chi connectivity index (χ1) is 10.5. The van der Waals surface area contributed by atoms with Crippen LogP contribution in [0.2, 0.25) is 0 Å². The van der Waals surface area contributed by atoms with E-state index in [1.54, 1.807) is 0 Å². The summed E-state index contributed by atoms with van der Waals surface area (Å²) in [7, 11) is 0. The first-order valence-electron chi connectivity index (χ1n) is 6.61. The van der Waals surface area contributed by atoms with Crippen molar-refractivity contribution in [3.63, 3.8) is 0 Å². The molecule has 0 atom stereocenters. The van der Waals surface area contributed by atoms with Crippen molar-refractivity contribution in [2.45, 2.75) is 13.8 Å². The predicted octanol–water partition coefficient (Wildman–Crippen LogP) is 3.72.